The largest absolute Gasteiger partial charge is 0.346 e. The van der Waals surface area contributed by atoms with Gasteiger partial charge in [-0.05, 0) is 6.07 Å². The van der Waals surface area contributed by atoms with Gasteiger partial charge in [0, 0.05) is 37.4 Å². The Morgan fingerprint density at radius 3 is 2.83 bits per heavy atom. The van der Waals surface area contributed by atoms with Crippen LogP contribution in [-0.4, -0.2) is 30.6 Å². The first-order valence-corrected chi connectivity index (χ1v) is 6.82. The first kappa shape index (κ1) is 14.8. The van der Waals surface area contributed by atoms with Crippen LogP contribution in [0.25, 0.3) is 11.3 Å². The maximum absolute atomic E-state index is 13.6. The highest BCUT2D eigenvalue weighted by molar-refractivity contribution is 5.94. The van der Waals surface area contributed by atoms with Gasteiger partial charge in [-0.3, -0.25) is 24.4 Å². The number of carbonyl (C=O) groups is 1. The van der Waals surface area contributed by atoms with Crippen molar-refractivity contribution in [2.45, 2.75) is 6.54 Å². The monoisotopic (exact) mass is 312 g/mol. The molecular weight excluding hydrogens is 299 g/mol. The number of nitrogens with one attached hydrogen (secondary N) is 1. The minimum Gasteiger partial charge on any atom is -0.346 e. The number of hydrogen-bond donors (Lipinski definition) is 1. The predicted octanol–water partition coefficient (Wildman–Crippen LogP) is 1.34. The van der Waals surface area contributed by atoms with Crippen LogP contribution in [0.2, 0.25) is 0 Å². The fourth-order valence-corrected chi connectivity index (χ4v) is 2.10. The Bertz CT molecular complexity index is 847. The van der Waals surface area contributed by atoms with E-state index in [0.29, 0.717) is 11.4 Å². The molecule has 7 nitrogen and oxygen atoms in total. The summed E-state index contributed by atoms with van der Waals surface area (Å²) in [7, 11) is 1.80. The summed E-state index contributed by atoms with van der Waals surface area (Å²) in [5, 5.41) is 6.73. The fraction of sp³-hybridized carbons (Fsp3) is 0.133. The molecule has 1 N–H and O–H groups in total. The lowest BCUT2D eigenvalue weighted by atomic mass is 10.2. The van der Waals surface area contributed by atoms with E-state index in [1.54, 1.807) is 30.3 Å². The number of hydrogen-bond acceptors (Lipinski definition) is 5. The molecule has 23 heavy (non-hydrogen) atoms. The number of rotatable bonds is 4. The van der Waals surface area contributed by atoms with Gasteiger partial charge in [-0.1, -0.05) is 0 Å². The van der Waals surface area contributed by atoms with E-state index < -0.39 is 11.7 Å². The molecule has 1 amide bonds. The second-order valence-corrected chi connectivity index (χ2v) is 4.79. The van der Waals surface area contributed by atoms with Crippen molar-refractivity contribution < 1.29 is 9.18 Å². The number of aryl methyl sites for hydroxylation is 1. The van der Waals surface area contributed by atoms with Crippen molar-refractivity contribution >= 4 is 5.91 Å². The average Bonchev–Trinajstić information content (AvgIpc) is 2.99. The lowest BCUT2D eigenvalue weighted by Gasteiger charge is -2.08. The van der Waals surface area contributed by atoms with Crippen molar-refractivity contribution in [3.05, 3.63) is 60.3 Å². The van der Waals surface area contributed by atoms with Crippen LogP contribution in [0.4, 0.5) is 4.39 Å². The van der Waals surface area contributed by atoms with Crippen molar-refractivity contribution in [3.63, 3.8) is 0 Å². The van der Waals surface area contributed by atoms with Crippen molar-refractivity contribution in [2.75, 3.05) is 0 Å². The van der Waals surface area contributed by atoms with E-state index in [1.807, 2.05) is 0 Å². The molecule has 3 heterocycles. The topological polar surface area (TPSA) is 85.6 Å². The SMILES string of the molecule is Cn1cc(-c2nccnc2CNC(=O)c2ccncc2F)cn1. The maximum atomic E-state index is 13.6. The predicted molar refractivity (Wildman–Crippen MR) is 79.6 cm³/mol. The number of halogens is 1. The average molecular weight is 312 g/mol. The minimum atomic E-state index is -0.670. The van der Waals surface area contributed by atoms with Crippen LogP contribution in [0, 0.1) is 5.82 Å². The van der Waals surface area contributed by atoms with E-state index >= 15 is 0 Å². The lowest BCUT2D eigenvalue weighted by molar-refractivity contribution is 0.0946. The molecule has 0 atom stereocenters. The minimum absolute atomic E-state index is 0.0631. The van der Waals surface area contributed by atoms with E-state index in [-0.39, 0.29) is 12.1 Å². The van der Waals surface area contributed by atoms with Crippen molar-refractivity contribution in [1.29, 1.82) is 0 Å². The van der Waals surface area contributed by atoms with Gasteiger partial charge in [0.15, 0.2) is 5.82 Å². The van der Waals surface area contributed by atoms with Crippen LogP contribution in [0.3, 0.4) is 0 Å². The molecular formula is C15H13FN6O. The molecule has 0 spiro atoms. The van der Waals surface area contributed by atoms with Gasteiger partial charge in [0.05, 0.1) is 35.9 Å². The zero-order valence-corrected chi connectivity index (χ0v) is 12.3. The van der Waals surface area contributed by atoms with Crippen molar-refractivity contribution in [1.82, 2.24) is 30.0 Å². The molecule has 0 aromatic carbocycles. The zero-order valence-electron chi connectivity index (χ0n) is 12.3. The molecule has 0 bridgehead atoms. The van der Waals surface area contributed by atoms with Gasteiger partial charge in [0.1, 0.15) is 0 Å². The van der Waals surface area contributed by atoms with Gasteiger partial charge in [-0.15, -0.1) is 0 Å². The molecule has 0 aliphatic heterocycles. The van der Waals surface area contributed by atoms with Crippen molar-refractivity contribution in [3.8, 4) is 11.3 Å². The summed E-state index contributed by atoms with van der Waals surface area (Å²) in [6, 6.07) is 1.32. The Morgan fingerprint density at radius 2 is 2.09 bits per heavy atom. The van der Waals surface area contributed by atoms with Crippen LogP contribution in [0.15, 0.2) is 43.2 Å². The molecule has 0 unspecified atom stereocenters. The number of amides is 1. The van der Waals surface area contributed by atoms with Crippen LogP contribution >= 0.6 is 0 Å². The van der Waals surface area contributed by atoms with Crippen LogP contribution in [-0.2, 0) is 13.6 Å². The van der Waals surface area contributed by atoms with Gasteiger partial charge in [0.25, 0.3) is 5.91 Å². The molecule has 3 aromatic rings. The van der Waals surface area contributed by atoms with Crippen LogP contribution < -0.4 is 5.32 Å². The summed E-state index contributed by atoms with van der Waals surface area (Å²) in [6.45, 7) is 0.124. The Morgan fingerprint density at radius 1 is 1.26 bits per heavy atom. The third-order valence-corrected chi connectivity index (χ3v) is 3.19. The summed E-state index contributed by atoms with van der Waals surface area (Å²) in [4.78, 5) is 24.2. The highest BCUT2D eigenvalue weighted by Crippen LogP contribution is 2.18. The zero-order chi connectivity index (χ0) is 16.2. The third-order valence-electron chi connectivity index (χ3n) is 3.19. The van der Waals surface area contributed by atoms with Gasteiger partial charge in [-0.2, -0.15) is 5.10 Å². The molecule has 0 saturated heterocycles. The normalized spacial score (nSPS) is 10.5. The molecule has 116 valence electrons. The van der Waals surface area contributed by atoms with E-state index in [2.05, 4.69) is 25.4 Å². The highest BCUT2D eigenvalue weighted by atomic mass is 19.1. The molecule has 0 radical (unpaired) electrons. The standard InChI is InChI=1S/C15H13FN6O/c1-22-9-10(6-21-22)14-13(18-4-5-19-14)8-20-15(23)11-2-3-17-7-12(11)16/h2-7,9H,8H2,1H3,(H,20,23). The Kier molecular flexibility index (Phi) is 4.05. The molecule has 0 aliphatic rings. The van der Waals surface area contributed by atoms with Gasteiger partial charge in [-0.25, -0.2) is 4.39 Å². The maximum Gasteiger partial charge on any atom is 0.254 e. The Hall–Kier alpha value is -3.16. The van der Waals surface area contributed by atoms with Crippen LogP contribution in [0.1, 0.15) is 16.1 Å². The van der Waals surface area contributed by atoms with E-state index in [0.717, 1.165) is 11.8 Å². The van der Waals surface area contributed by atoms with Crippen molar-refractivity contribution in [2.24, 2.45) is 7.05 Å². The summed E-state index contributed by atoms with van der Waals surface area (Å²) in [5.41, 5.74) is 1.92. The quantitative estimate of drug-likeness (QED) is 0.786. The lowest BCUT2D eigenvalue weighted by Crippen LogP contribution is -2.24. The second-order valence-electron chi connectivity index (χ2n) is 4.79. The van der Waals surface area contributed by atoms with Gasteiger partial charge >= 0.3 is 0 Å². The second kappa shape index (κ2) is 6.30. The first-order chi connectivity index (χ1) is 11.1. The summed E-state index contributed by atoms with van der Waals surface area (Å²) in [5.74, 6) is -1.20. The van der Waals surface area contributed by atoms with Crippen LogP contribution in [0.5, 0.6) is 0 Å². The van der Waals surface area contributed by atoms with Gasteiger partial charge in [0.2, 0.25) is 0 Å². The summed E-state index contributed by atoms with van der Waals surface area (Å²) >= 11 is 0. The Balaban J connectivity index is 1.79. The molecule has 0 aliphatic carbocycles. The number of aromatic nitrogens is 5. The smallest absolute Gasteiger partial charge is 0.254 e. The van der Waals surface area contributed by atoms with E-state index in [4.69, 9.17) is 0 Å². The molecule has 3 aromatic heterocycles. The number of nitrogens with zero attached hydrogens (tertiary/aromatic N) is 5. The third kappa shape index (κ3) is 3.20. The highest BCUT2D eigenvalue weighted by Gasteiger charge is 2.14. The van der Waals surface area contributed by atoms with E-state index in [9.17, 15) is 9.18 Å². The first-order valence-electron chi connectivity index (χ1n) is 6.82. The number of pyridine rings is 1. The van der Waals surface area contributed by atoms with E-state index in [1.165, 1.54) is 18.5 Å². The van der Waals surface area contributed by atoms with Gasteiger partial charge < -0.3 is 5.32 Å². The summed E-state index contributed by atoms with van der Waals surface area (Å²) < 4.78 is 15.2. The molecule has 0 saturated carbocycles. The molecule has 3 rings (SSSR count). The Labute approximate surface area is 131 Å². The molecule has 0 fully saturated rings. The fourth-order valence-electron chi connectivity index (χ4n) is 2.10. The number of carbonyl (C=O) groups excluding carboxylic acids is 1. The molecule has 8 heteroatoms. The summed E-state index contributed by atoms with van der Waals surface area (Å²) in [6.07, 6.45) is 8.93.